The first kappa shape index (κ1) is 29.7. The van der Waals surface area contributed by atoms with E-state index in [2.05, 4.69) is 19.8 Å². The number of allylic oxidation sites excluding steroid dienone is 1. The van der Waals surface area contributed by atoms with Crippen molar-refractivity contribution in [3.63, 3.8) is 0 Å². The van der Waals surface area contributed by atoms with E-state index in [-0.39, 0.29) is 24.1 Å². The van der Waals surface area contributed by atoms with Crippen LogP contribution in [0.2, 0.25) is 0 Å². The van der Waals surface area contributed by atoms with Crippen molar-refractivity contribution >= 4 is 38.7 Å². The molecule has 14 heteroatoms. The Morgan fingerprint density at radius 3 is 2.57 bits per heavy atom. The molecule has 2 N–H and O–H groups in total. The molecule has 1 atom stereocenters. The van der Waals surface area contributed by atoms with Crippen molar-refractivity contribution in [1.82, 2.24) is 29.4 Å². The van der Waals surface area contributed by atoms with Gasteiger partial charge in [0.05, 0.1) is 36.5 Å². The molecule has 0 aliphatic carbocycles. The van der Waals surface area contributed by atoms with Crippen molar-refractivity contribution in [3.8, 4) is 16.9 Å². The molecule has 2 fully saturated rings. The topological polar surface area (TPSA) is 159 Å². The second kappa shape index (κ2) is 12.7. The first-order valence-corrected chi connectivity index (χ1v) is 16.2. The maximum Gasteiger partial charge on any atom is 0.330 e. The van der Waals surface area contributed by atoms with Crippen LogP contribution < -0.4 is 10.6 Å². The molecule has 6 rings (SSSR count). The molecular formula is C30H34N8O5S. The van der Waals surface area contributed by atoms with Crippen molar-refractivity contribution in [1.29, 1.82) is 0 Å². The standard InChI is InChI=1S/C30H34N8O5S/c1-2-3-26(39)43-19-24-20-44(40,41)15-12-37(24)18-21-4-6-23(7-5-21)38-9-8-25-27(22-16-32-29(31)33-17-22)34-30(35-28(25)38)36-10-13-42-14-11-36/h2-9,16-17,24H,10-15,18-20H2,1H3,(H2,31,32,33). The molecule has 2 aliphatic rings. The molecule has 2 aliphatic heterocycles. The lowest BCUT2D eigenvalue weighted by Crippen LogP contribution is -2.50. The largest absolute Gasteiger partial charge is 0.461 e. The van der Waals surface area contributed by atoms with Gasteiger partial charge < -0.3 is 24.7 Å². The molecule has 1 aromatic carbocycles. The average molecular weight is 619 g/mol. The molecule has 44 heavy (non-hydrogen) atoms. The van der Waals surface area contributed by atoms with Crippen molar-refractivity contribution in [2.75, 3.05) is 61.6 Å². The Morgan fingerprint density at radius 2 is 1.84 bits per heavy atom. The van der Waals surface area contributed by atoms with Crippen LogP contribution >= 0.6 is 0 Å². The van der Waals surface area contributed by atoms with Gasteiger partial charge in [0.1, 0.15) is 6.61 Å². The molecule has 0 spiro atoms. The molecule has 0 radical (unpaired) electrons. The zero-order valence-electron chi connectivity index (χ0n) is 24.4. The number of sulfone groups is 1. The smallest absolute Gasteiger partial charge is 0.330 e. The number of ether oxygens (including phenoxy) is 2. The number of morpholine rings is 1. The van der Waals surface area contributed by atoms with Crippen LogP contribution in [0.5, 0.6) is 0 Å². The molecule has 4 aromatic rings. The van der Waals surface area contributed by atoms with E-state index >= 15 is 0 Å². The van der Waals surface area contributed by atoms with Crippen molar-refractivity contribution < 1.29 is 22.7 Å². The van der Waals surface area contributed by atoms with Crippen molar-refractivity contribution in [3.05, 3.63) is 66.6 Å². The van der Waals surface area contributed by atoms with E-state index in [0.29, 0.717) is 51.0 Å². The third kappa shape index (κ3) is 6.56. The van der Waals surface area contributed by atoms with E-state index in [9.17, 15) is 13.2 Å². The SMILES string of the molecule is CC=CC(=O)OCC1CS(=O)(=O)CCN1Cc1ccc(-n2ccc3c(-c4cnc(N)nc4)nc(N4CCOCC4)nc32)cc1. The Labute approximate surface area is 255 Å². The van der Waals surface area contributed by atoms with Gasteiger partial charge in [-0.1, -0.05) is 18.2 Å². The van der Waals surface area contributed by atoms with Crippen LogP contribution in [0.4, 0.5) is 11.9 Å². The number of anilines is 2. The molecule has 0 saturated carbocycles. The first-order chi connectivity index (χ1) is 21.3. The molecule has 5 heterocycles. The van der Waals surface area contributed by atoms with Gasteiger partial charge in [-0.25, -0.2) is 28.2 Å². The van der Waals surface area contributed by atoms with E-state index in [1.54, 1.807) is 25.4 Å². The van der Waals surface area contributed by atoms with E-state index in [1.807, 2.05) is 41.1 Å². The second-order valence-corrected chi connectivity index (χ2v) is 13.0. The Bertz CT molecular complexity index is 1770. The zero-order chi connectivity index (χ0) is 30.7. The minimum Gasteiger partial charge on any atom is -0.461 e. The predicted molar refractivity (Wildman–Crippen MR) is 166 cm³/mol. The monoisotopic (exact) mass is 618 g/mol. The maximum atomic E-state index is 12.4. The second-order valence-electron chi connectivity index (χ2n) is 10.8. The van der Waals surface area contributed by atoms with E-state index < -0.39 is 21.8 Å². The first-order valence-electron chi connectivity index (χ1n) is 14.4. The summed E-state index contributed by atoms with van der Waals surface area (Å²) in [6.45, 7) is 5.22. The number of nitrogen functional groups attached to an aromatic ring is 1. The summed E-state index contributed by atoms with van der Waals surface area (Å²) in [4.78, 5) is 34.3. The summed E-state index contributed by atoms with van der Waals surface area (Å²) in [5.74, 6) is 0.344. The van der Waals surface area contributed by atoms with Gasteiger partial charge >= 0.3 is 5.97 Å². The van der Waals surface area contributed by atoms with Gasteiger partial charge in [-0.15, -0.1) is 0 Å². The van der Waals surface area contributed by atoms with Crippen molar-refractivity contribution in [2.24, 2.45) is 0 Å². The van der Waals surface area contributed by atoms with Gasteiger partial charge in [0.25, 0.3) is 0 Å². The number of nitrogens with zero attached hydrogens (tertiary/aromatic N) is 7. The van der Waals surface area contributed by atoms with Crippen molar-refractivity contribution in [2.45, 2.75) is 19.5 Å². The fourth-order valence-electron chi connectivity index (χ4n) is 5.44. The highest BCUT2D eigenvalue weighted by Gasteiger charge is 2.32. The summed E-state index contributed by atoms with van der Waals surface area (Å²) < 4.78 is 37.6. The molecule has 1 unspecified atom stereocenters. The Kier molecular flexibility index (Phi) is 8.55. The average Bonchev–Trinajstić information content (AvgIpc) is 3.46. The van der Waals surface area contributed by atoms with Crippen LogP contribution in [-0.4, -0.2) is 101 Å². The van der Waals surface area contributed by atoms with Gasteiger partial charge in [-0.05, 0) is 30.7 Å². The predicted octanol–water partition coefficient (Wildman–Crippen LogP) is 2.01. The van der Waals surface area contributed by atoms with Gasteiger partial charge in [-0.3, -0.25) is 4.90 Å². The number of esters is 1. The minimum atomic E-state index is -3.20. The molecule has 2 saturated heterocycles. The van der Waals surface area contributed by atoms with Gasteiger partial charge in [0.15, 0.2) is 15.5 Å². The van der Waals surface area contributed by atoms with Crippen LogP contribution in [0.1, 0.15) is 12.5 Å². The summed E-state index contributed by atoms with van der Waals surface area (Å²) in [5, 5.41) is 0.851. The van der Waals surface area contributed by atoms with Crippen LogP contribution in [0.25, 0.3) is 28.0 Å². The summed E-state index contributed by atoms with van der Waals surface area (Å²) in [7, 11) is -3.20. The van der Waals surface area contributed by atoms with Crippen LogP contribution in [0.15, 0.2) is 61.1 Å². The number of fused-ring (bicyclic) bond motifs is 1. The fourth-order valence-corrected chi connectivity index (χ4v) is 7.01. The lowest BCUT2D eigenvalue weighted by atomic mass is 10.1. The molecular weight excluding hydrogens is 584 g/mol. The Hall–Kier alpha value is -4.40. The minimum absolute atomic E-state index is 0.0163. The number of hydrogen-bond acceptors (Lipinski definition) is 12. The van der Waals surface area contributed by atoms with Gasteiger partial charge in [-0.2, -0.15) is 4.98 Å². The molecule has 13 nitrogen and oxygen atoms in total. The Balaban J connectivity index is 1.28. The number of hydrogen-bond donors (Lipinski definition) is 1. The molecule has 0 bridgehead atoms. The fraction of sp³-hybridized carbons (Fsp3) is 0.367. The van der Waals surface area contributed by atoms with Gasteiger partial charge in [0.2, 0.25) is 11.9 Å². The summed E-state index contributed by atoms with van der Waals surface area (Å²) in [5.41, 5.74) is 9.86. The number of rotatable bonds is 8. The molecule has 0 amide bonds. The number of benzene rings is 1. The highest BCUT2D eigenvalue weighted by Crippen LogP contribution is 2.31. The Morgan fingerprint density at radius 1 is 1.09 bits per heavy atom. The summed E-state index contributed by atoms with van der Waals surface area (Å²) >= 11 is 0. The van der Waals surface area contributed by atoms with Gasteiger partial charge in [0, 0.05) is 67.5 Å². The lowest BCUT2D eigenvalue weighted by Gasteiger charge is -2.35. The van der Waals surface area contributed by atoms with Crippen LogP contribution in [0.3, 0.4) is 0 Å². The van der Waals surface area contributed by atoms with Crippen LogP contribution in [0, 0.1) is 0 Å². The normalized spacial score (nSPS) is 19.0. The van der Waals surface area contributed by atoms with Crippen LogP contribution in [-0.2, 0) is 30.7 Å². The summed E-state index contributed by atoms with van der Waals surface area (Å²) in [6.07, 6.45) is 8.21. The van der Waals surface area contributed by atoms with E-state index in [4.69, 9.17) is 25.2 Å². The number of carbonyl (C=O) groups excluding carboxylic acids is 1. The molecule has 230 valence electrons. The summed E-state index contributed by atoms with van der Waals surface area (Å²) in [6, 6.07) is 9.63. The number of carbonyl (C=O) groups is 1. The quantitative estimate of drug-likeness (QED) is 0.227. The van der Waals surface area contributed by atoms with E-state index in [0.717, 1.165) is 27.8 Å². The zero-order valence-corrected chi connectivity index (χ0v) is 25.2. The number of nitrogens with two attached hydrogens (primary N) is 1. The highest BCUT2D eigenvalue weighted by molar-refractivity contribution is 7.91. The highest BCUT2D eigenvalue weighted by atomic mass is 32.2. The maximum absolute atomic E-state index is 12.4. The molecule has 3 aromatic heterocycles. The van der Waals surface area contributed by atoms with E-state index in [1.165, 1.54) is 6.08 Å². The lowest BCUT2D eigenvalue weighted by molar-refractivity contribution is -0.139. The third-order valence-corrected chi connectivity index (χ3v) is 9.44. The third-order valence-electron chi connectivity index (χ3n) is 7.74. The number of aromatic nitrogens is 5.